The highest BCUT2D eigenvalue weighted by Gasteiger charge is 2.16. The zero-order valence-corrected chi connectivity index (χ0v) is 13.2. The molecular weight excluding hydrogens is 320 g/mol. The van der Waals surface area contributed by atoms with Crippen molar-refractivity contribution in [3.63, 3.8) is 0 Å². The monoisotopic (exact) mass is 340 g/mol. The highest BCUT2D eigenvalue weighted by Crippen LogP contribution is 2.24. The maximum Gasteiger partial charge on any atom is 0.273 e. The molecular formula is C15H21BrN2O2. The summed E-state index contributed by atoms with van der Waals surface area (Å²) in [6.45, 7) is 0.570. The maximum atomic E-state index is 11.0. The molecule has 20 heavy (non-hydrogen) atoms. The van der Waals surface area contributed by atoms with Crippen molar-refractivity contribution in [2.45, 2.75) is 57.5 Å². The summed E-state index contributed by atoms with van der Waals surface area (Å²) in [5.74, 6) is 0. The summed E-state index contributed by atoms with van der Waals surface area (Å²) < 4.78 is 0.887. The molecule has 1 N–H and O–H groups in total. The molecule has 0 amide bonds. The number of nitro benzene ring substituents is 1. The number of halogens is 1. The number of hydrogen-bond acceptors (Lipinski definition) is 3. The van der Waals surface area contributed by atoms with Crippen LogP contribution in [-0.2, 0) is 6.54 Å². The predicted octanol–water partition coefficient (Wildman–Crippen LogP) is 4.56. The number of nitro groups is 1. The van der Waals surface area contributed by atoms with Crippen molar-refractivity contribution < 1.29 is 4.92 Å². The Kier molecular flexibility index (Phi) is 5.98. The molecule has 1 saturated carbocycles. The summed E-state index contributed by atoms with van der Waals surface area (Å²) >= 11 is 3.38. The Morgan fingerprint density at radius 2 is 1.85 bits per heavy atom. The first-order chi connectivity index (χ1) is 9.66. The van der Waals surface area contributed by atoms with E-state index in [4.69, 9.17) is 0 Å². The summed E-state index contributed by atoms with van der Waals surface area (Å²) in [5.41, 5.74) is 0.956. The predicted molar refractivity (Wildman–Crippen MR) is 83.7 cm³/mol. The van der Waals surface area contributed by atoms with E-state index < -0.39 is 0 Å². The van der Waals surface area contributed by atoms with Gasteiger partial charge in [-0.05, 0) is 25.0 Å². The second kappa shape index (κ2) is 7.74. The Labute approximate surface area is 128 Å². The molecule has 1 fully saturated rings. The van der Waals surface area contributed by atoms with Crippen molar-refractivity contribution in [3.05, 3.63) is 38.3 Å². The second-order valence-electron chi connectivity index (χ2n) is 5.45. The quantitative estimate of drug-likeness (QED) is 0.645. The maximum absolute atomic E-state index is 11.0. The van der Waals surface area contributed by atoms with Gasteiger partial charge in [0.1, 0.15) is 0 Å². The minimum atomic E-state index is -0.304. The van der Waals surface area contributed by atoms with Gasteiger partial charge in [-0.25, -0.2) is 0 Å². The number of nitrogens with one attached hydrogen (secondary N) is 1. The van der Waals surface area contributed by atoms with Crippen molar-refractivity contribution in [2.24, 2.45) is 0 Å². The lowest BCUT2D eigenvalue weighted by Gasteiger charge is -2.21. The van der Waals surface area contributed by atoms with Crippen LogP contribution in [0.4, 0.5) is 5.69 Å². The molecule has 0 aromatic heterocycles. The van der Waals surface area contributed by atoms with Crippen LogP contribution >= 0.6 is 15.9 Å². The first-order valence-electron chi connectivity index (χ1n) is 7.33. The third-order valence-corrected chi connectivity index (χ3v) is 4.42. The van der Waals surface area contributed by atoms with Gasteiger partial charge in [0.25, 0.3) is 5.69 Å². The van der Waals surface area contributed by atoms with Crippen LogP contribution < -0.4 is 5.32 Å². The SMILES string of the molecule is O=[N+]([O-])c1ccc(Br)cc1CNC1CCCCCCC1. The normalized spacial score (nSPS) is 17.4. The molecule has 1 aromatic rings. The lowest BCUT2D eigenvalue weighted by atomic mass is 9.96. The third-order valence-electron chi connectivity index (χ3n) is 3.92. The molecule has 0 spiro atoms. The van der Waals surface area contributed by atoms with Crippen molar-refractivity contribution in [1.29, 1.82) is 0 Å². The van der Waals surface area contributed by atoms with Gasteiger partial charge in [0.2, 0.25) is 0 Å². The van der Waals surface area contributed by atoms with Crippen LogP contribution in [0.2, 0.25) is 0 Å². The molecule has 1 aromatic carbocycles. The van der Waals surface area contributed by atoms with E-state index in [9.17, 15) is 10.1 Å². The Morgan fingerprint density at radius 3 is 2.50 bits per heavy atom. The van der Waals surface area contributed by atoms with E-state index in [-0.39, 0.29) is 10.6 Å². The van der Waals surface area contributed by atoms with E-state index in [1.54, 1.807) is 12.1 Å². The fraction of sp³-hybridized carbons (Fsp3) is 0.600. The fourth-order valence-electron chi connectivity index (χ4n) is 2.79. The highest BCUT2D eigenvalue weighted by atomic mass is 79.9. The molecule has 2 rings (SSSR count). The van der Waals surface area contributed by atoms with Gasteiger partial charge in [-0.2, -0.15) is 0 Å². The topological polar surface area (TPSA) is 55.2 Å². The minimum Gasteiger partial charge on any atom is -0.310 e. The van der Waals surface area contributed by atoms with E-state index in [0.717, 1.165) is 10.0 Å². The van der Waals surface area contributed by atoms with Crippen LogP contribution in [0, 0.1) is 10.1 Å². The summed E-state index contributed by atoms with van der Waals surface area (Å²) in [6, 6.07) is 5.62. The second-order valence-corrected chi connectivity index (χ2v) is 6.37. The minimum absolute atomic E-state index is 0.201. The summed E-state index contributed by atoms with van der Waals surface area (Å²) in [7, 11) is 0. The third kappa shape index (κ3) is 4.56. The first-order valence-corrected chi connectivity index (χ1v) is 8.12. The number of rotatable bonds is 4. The van der Waals surface area contributed by atoms with Crippen LogP contribution in [0.1, 0.15) is 50.5 Å². The van der Waals surface area contributed by atoms with Crippen molar-refractivity contribution in [1.82, 2.24) is 5.32 Å². The van der Waals surface area contributed by atoms with Crippen molar-refractivity contribution in [3.8, 4) is 0 Å². The highest BCUT2D eigenvalue weighted by molar-refractivity contribution is 9.10. The zero-order valence-electron chi connectivity index (χ0n) is 11.6. The molecule has 4 nitrogen and oxygen atoms in total. The van der Waals surface area contributed by atoms with E-state index in [2.05, 4.69) is 21.2 Å². The lowest BCUT2D eigenvalue weighted by Crippen LogP contribution is -2.29. The van der Waals surface area contributed by atoms with E-state index in [1.165, 1.54) is 44.9 Å². The van der Waals surface area contributed by atoms with Gasteiger partial charge in [-0.15, -0.1) is 0 Å². The Balaban J connectivity index is 1.98. The van der Waals surface area contributed by atoms with Crippen LogP contribution in [0.15, 0.2) is 22.7 Å². The number of benzene rings is 1. The van der Waals surface area contributed by atoms with E-state index in [0.29, 0.717) is 12.6 Å². The number of hydrogen-bond donors (Lipinski definition) is 1. The Bertz CT molecular complexity index is 457. The van der Waals surface area contributed by atoms with Crippen LogP contribution in [0.3, 0.4) is 0 Å². The van der Waals surface area contributed by atoms with Crippen molar-refractivity contribution in [2.75, 3.05) is 0 Å². The summed E-state index contributed by atoms with van der Waals surface area (Å²) in [5, 5.41) is 14.5. The molecule has 1 aliphatic carbocycles. The average molecular weight is 341 g/mol. The van der Waals surface area contributed by atoms with Crippen LogP contribution in [0.5, 0.6) is 0 Å². The largest absolute Gasteiger partial charge is 0.310 e. The van der Waals surface area contributed by atoms with Crippen LogP contribution in [-0.4, -0.2) is 11.0 Å². The zero-order chi connectivity index (χ0) is 14.4. The van der Waals surface area contributed by atoms with Crippen LogP contribution in [0.25, 0.3) is 0 Å². The average Bonchev–Trinajstić information content (AvgIpc) is 2.37. The molecule has 5 heteroatoms. The Morgan fingerprint density at radius 1 is 1.20 bits per heavy atom. The van der Waals surface area contributed by atoms with Gasteiger partial charge in [0.15, 0.2) is 0 Å². The first kappa shape index (κ1) is 15.4. The van der Waals surface area contributed by atoms with Crippen molar-refractivity contribution >= 4 is 21.6 Å². The molecule has 0 saturated heterocycles. The van der Waals surface area contributed by atoms with Gasteiger partial charge < -0.3 is 5.32 Å². The molecule has 0 heterocycles. The number of nitrogens with zero attached hydrogens (tertiary/aromatic N) is 1. The molecule has 0 unspecified atom stereocenters. The van der Waals surface area contributed by atoms with Gasteiger partial charge in [0, 0.05) is 28.7 Å². The van der Waals surface area contributed by atoms with Gasteiger partial charge in [-0.1, -0.05) is 48.0 Å². The molecule has 0 aliphatic heterocycles. The Hall–Kier alpha value is -0.940. The van der Waals surface area contributed by atoms with E-state index in [1.807, 2.05) is 6.07 Å². The lowest BCUT2D eigenvalue weighted by molar-refractivity contribution is -0.385. The summed E-state index contributed by atoms with van der Waals surface area (Å²) in [4.78, 5) is 10.7. The van der Waals surface area contributed by atoms with Gasteiger partial charge >= 0.3 is 0 Å². The molecule has 0 radical (unpaired) electrons. The van der Waals surface area contributed by atoms with E-state index >= 15 is 0 Å². The van der Waals surface area contributed by atoms with Gasteiger partial charge in [0.05, 0.1) is 4.92 Å². The fourth-order valence-corrected chi connectivity index (χ4v) is 3.20. The smallest absolute Gasteiger partial charge is 0.273 e. The molecule has 0 atom stereocenters. The standard InChI is InChI=1S/C15H21BrN2O2/c16-13-8-9-15(18(19)20)12(10-13)11-17-14-6-4-2-1-3-5-7-14/h8-10,14,17H,1-7,11H2. The molecule has 1 aliphatic rings. The molecule has 110 valence electrons. The summed E-state index contributed by atoms with van der Waals surface area (Å²) in [6.07, 6.45) is 8.87. The molecule has 0 bridgehead atoms. The van der Waals surface area contributed by atoms with Gasteiger partial charge in [-0.3, -0.25) is 10.1 Å².